The van der Waals surface area contributed by atoms with Crippen molar-refractivity contribution in [1.29, 1.82) is 0 Å². The van der Waals surface area contributed by atoms with Gasteiger partial charge in [0.15, 0.2) is 34.1 Å². The van der Waals surface area contributed by atoms with E-state index in [2.05, 4.69) is 0 Å². The second-order valence-electron chi connectivity index (χ2n) is 23.7. The predicted octanol–water partition coefficient (Wildman–Crippen LogP) is 17.1. The van der Waals surface area contributed by atoms with Crippen LogP contribution in [-0.2, 0) is 69.0 Å². The van der Waals surface area contributed by atoms with E-state index in [4.69, 9.17) is 49.2 Å². The van der Waals surface area contributed by atoms with Gasteiger partial charge in [0.2, 0.25) is 11.8 Å². The minimum absolute atomic E-state index is 0.0295. The molecule has 0 N–H and O–H groups in total. The Bertz CT molecular complexity index is 6280. The lowest BCUT2D eigenvalue weighted by molar-refractivity contribution is -0.138. The first-order valence-electron chi connectivity index (χ1n) is 46.4. The van der Waals surface area contributed by atoms with Crippen LogP contribution in [0.15, 0.2) is 207 Å². The molecule has 0 aliphatic carbocycles. The Labute approximate surface area is 650 Å². The van der Waals surface area contributed by atoms with Crippen molar-refractivity contribution >= 4 is 57.1 Å². The summed E-state index contributed by atoms with van der Waals surface area (Å²) in [6.45, 7) is -8.05. The van der Waals surface area contributed by atoms with Crippen molar-refractivity contribution in [1.82, 2.24) is 28.7 Å². The number of benzene rings is 8. The molecular formula is C81H78F10N6O6S2. The lowest BCUT2D eigenvalue weighted by Crippen LogP contribution is -2.48. The molecule has 550 valence electrons. The van der Waals surface area contributed by atoms with Crippen LogP contribution in [-0.4, -0.2) is 119 Å². The van der Waals surface area contributed by atoms with E-state index < -0.39 is 287 Å². The van der Waals surface area contributed by atoms with Crippen LogP contribution in [0.25, 0.3) is 44.1 Å². The molecule has 0 spiro atoms. The molecule has 24 heteroatoms. The molecule has 12 rings (SSSR count). The quantitative estimate of drug-likeness (QED) is 0.0428. The minimum atomic E-state index is -5.40. The van der Waals surface area contributed by atoms with Crippen molar-refractivity contribution in [3.63, 3.8) is 0 Å². The van der Waals surface area contributed by atoms with Crippen LogP contribution in [0.1, 0.15) is 104 Å². The van der Waals surface area contributed by atoms with Gasteiger partial charge in [-0.1, -0.05) is 121 Å². The van der Waals surface area contributed by atoms with Gasteiger partial charge in [0.25, 0.3) is 0 Å². The number of amides is 2. The predicted molar refractivity (Wildman–Crippen MR) is 391 cm³/mol. The Morgan fingerprint density at radius 1 is 0.533 bits per heavy atom. The van der Waals surface area contributed by atoms with Crippen LogP contribution in [0, 0.1) is 30.2 Å². The number of piperidine rings is 2. The maximum Gasteiger partial charge on any atom is 0.416 e. The Kier molecular flexibility index (Phi) is 15.8. The van der Waals surface area contributed by atoms with Crippen molar-refractivity contribution < 1.29 is 103 Å². The normalized spacial score (nSPS) is 18.9. The van der Waals surface area contributed by atoms with Gasteiger partial charge in [-0.15, -0.1) is 23.5 Å². The number of carbonyl (C=O) groups excluding carboxylic acids is 2. The largest absolute Gasteiger partial charge is 0.416 e. The number of ether oxygens (including phenoxy) is 2. The maximum atomic E-state index is 15.6. The summed E-state index contributed by atoms with van der Waals surface area (Å²) in [6.07, 6.45) is -9.87. The van der Waals surface area contributed by atoms with Gasteiger partial charge in [0, 0.05) is 135 Å². The molecule has 0 radical (unpaired) electrons. The molecular weight excluding hydrogens is 1410 g/mol. The standard InChI is InChI=1S/C41H40F5N3O3S.C40H38F5N3O3S/c1-27-6-15-36-34(22-27)37(50)23-39(53-26-31-4-3-5-35(42)40(31)43)49(36)25-38(51)48(33-16-18-47(19-17-33)20-21-52-2)24-28-7-9-29(10-8-28)30-11-13-32(14-12-30)41(44,45)46;1-51-22-21-46-19-17-32(18-20-46)47(24-27-9-11-28(12-10-27)29-13-15-31(16-14-29)40(43,44)45)37(50)25-48-35-8-3-2-6-33(35)36(49)23-38(48)52-26-30-5-4-7-34(41)39(30)42/h3-15,22-23,33H,16-21,24-26H2,1-2H3;2-16,23,32H,17-22,24-26H2,1H3/i2D3,3D,4D,5D,6D,7D,8D,9D,10D,11D,12D,13D,14D,15D,20D2,22D,23D,26D2;1D3,21D2,26D2. The third kappa shape index (κ3) is 19.5. The smallest absolute Gasteiger partial charge is 0.383 e. The maximum absolute atomic E-state index is 15.6. The summed E-state index contributed by atoms with van der Waals surface area (Å²) in [5.41, 5.74) is -14.4. The Hall–Kier alpha value is -9.04. The number of para-hydroxylation sites is 1. The van der Waals surface area contributed by atoms with Crippen LogP contribution < -0.4 is 10.9 Å². The van der Waals surface area contributed by atoms with Crippen LogP contribution in [0.4, 0.5) is 43.9 Å². The monoisotopic (exact) mass is 1510 g/mol. The number of carbonyl (C=O) groups is 2. The number of alkyl halides is 6. The molecule has 2 aromatic heterocycles. The fraction of sp³-hybridized carbons (Fsp3) is 0.309. The first kappa shape index (κ1) is 47.5. The summed E-state index contributed by atoms with van der Waals surface area (Å²) < 4.78 is 393. The van der Waals surface area contributed by atoms with E-state index in [1.54, 1.807) is 53.4 Å². The van der Waals surface area contributed by atoms with E-state index in [0.29, 0.717) is 33.0 Å². The molecule has 8 aromatic carbocycles. The number of fused-ring (bicyclic) bond motifs is 2. The molecule has 10 aromatic rings. The summed E-state index contributed by atoms with van der Waals surface area (Å²) in [5.74, 6) is -8.50. The average molecular weight is 1510 g/mol. The highest BCUT2D eigenvalue weighted by Gasteiger charge is 2.34. The lowest BCUT2D eigenvalue weighted by Gasteiger charge is -2.39. The molecule has 2 amide bonds. The number of rotatable bonds is 24. The summed E-state index contributed by atoms with van der Waals surface area (Å²) >= 11 is 0.144. The summed E-state index contributed by atoms with van der Waals surface area (Å²) in [4.78, 5) is 62.3. The van der Waals surface area contributed by atoms with Gasteiger partial charge in [-0.3, -0.25) is 19.2 Å². The first-order chi connectivity index (χ1) is 61.9. The summed E-state index contributed by atoms with van der Waals surface area (Å²) in [7, 11) is -5.80. The van der Waals surface area contributed by atoms with Crippen LogP contribution in [0.2, 0.25) is 0 Å². The number of hydrogen-bond acceptors (Lipinski definition) is 10. The number of halogens is 10. The number of aromatic nitrogens is 2. The second-order valence-corrected chi connectivity index (χ2v) is 25.3. The van der Waals surface area contributed by atoms with Crippen molar-refractivity contribution in [3.8, 4) is 22.3 Å². The number of likely N-dealkylation sites (tertiary alicyclic amines) is 2. The van der Waals surface area contributed by atoms with Crippen molar-refractivity contribution in [2.24, 2.45) is 0 Å². The van der Waals surface area contributed by atoms with Gasteiger partial charge in [-0.25, -0.2) is 17.6 Å². The third-order valence-corrected chi connectivity index (χ3v) is 18.6. The third-order valence-electron chi connectivity index (χ3n) is 16.9. The average Bonchev–Trinajstić information content (AvgIpc) is 0.727. The molecule has 4 heterocycles. The second kappa shape index (κ2) is 34.9. The van der Waals surface area contributed by atoms with Crippen LogP contribution >= 0.6 is 23.5 Å². The van der Waals surface area contributed by atoms with Gasteiger partial charge in [0.05, 0.1) is 74.2 Å². The van der Waals surface area contributed by atoms with E-state index in [9.17, 15) is 53.9 Å². The van der Waals surface area contributed by atoms with E-state index in [-0.39, 0.29) is 91.7 Å². The lowest BCUT2D eigenvalue weighted by atomic mass is 10.00. The van der Waals surface area contributed by atoms with E-state index in [1.807, 2.05) is 0 Å². The van der Waals surface area contributed by atoms with Gasteiger partial charge < -0.3 is 38.2 Å². The number of hydrogen-bond donors (Lipinski definition) is 0. The zero-order valence-corrected chi connectivity index (χ0v) is 56.7. The zero-order valence-electron chi connectivity index (χ0n) is 84.0. The minimum Gasteiger partial charge on any atom is -0.383 e. The molecule has 0 unspecified atom stereocenters. The van der Waals surface area contributed by atoms with E-state index in [1.165, 1.54) is 28.5 Å². The van der Waals surface area contributed by atoms with Crippen LogP contribution in [0.3, 0.4) is 0 Å². The first-order valence-corrected chi connectivity index (χ1v) is 33.5. The highest BCUT2D eigenvalue weighted by molar-refractivity contribution is 7.98. The van der Waals surface area contributed by atoms with E-state index in [0.717, 1.165) is 46.2 Å². The number of methoxy groups -OCH3 is 2. The Balaban J connectivity index is 0.000000265. The van der Waals surface area contributed by atoms with Gasteiger partial charge in [0.1, 0.15) is 13.1 Å². The molecule has 2 aliphatic heterocycles. The zero-order chi connectivity index (χ0) is 99.8. The highest BCUT2D eigenvalue weighted by Crippen LogP contribution is 2.36. The van der Waals surface area contributed by atoms with E-state index >= 15 is 9.18 Å². The Morgan fingerprint density at radius 3 is 1.66 bits per heavy atom. The molecule has 0 atom stereocenters. The Morgan fingerprint density at radius 2 is 1.07 bits per heavy atom. The topological polar surface area (TPSA) is 110 Å². The molecule has 0 bridgehead atoms. The van der Waals surface area contributed by atoms with Crippen molar-refractivity contribution in [3.05, 3.63) is 270 Å². The molecule has 105 heavy (non-hydrogen) atoms. The van der Waals surface area contributed by atoms with Crippen molar-refractivity contribution in [2.75, 3.05) is 66.5 Å². The number of pyridine rings is 2. The molecule has 12 nitrogen and oxygen atoms in total. The molecule has 0 saturated carbocycles. The van der Waals surface area contributed by atoms with Crippen molar-refractivity contribution in [2.45, 2.75) is 105 Å². The number of nitrogens with zero attached hydrogens (tertiary/aromatic N) is 6. The summed E-state index contributed by atoms with van der Waals surface area (Å²) in [6, 6.07) is 2.73. The summed E-state index contributed by atoms with van der Waals surface area (Å²) in [5, 5.41) is -1.53. The fourth-order valence-corrected chi connectivity index (χ4v) is 13.1. The SMILES string of the molecule is [2H]C([2H])([2H])OCC([2H])([2H])N1CCC(N(Cc2ccc(-c3ccc(C(F)(F)F)cc3)cc2)C(=O)Cn2c(SC([2H])([2H])c3cccc(F)c3F)cc(=O)c3ccccc32)CC1.[2H]c1c([2H])c(F)c(F)c(C([2H])([2H])Sc2c([2H])c(=O)c3c([2H])c(C)c([2H])c([2H])c3n2CC(=O)N(Cc2c([2H])c([2H])c(-c3c([2H])c([2H])c(C(F)(F)F)c([2H])c3[2H])c([2H])c2[2H])C2CCN(C([2H])([2H])COC([2H])([2H])[2H])CC2)c1[2H]. The molecule has 2 aliphatic rings. The highest BCUT2D eigenvalue weighted by atomic mass is 32.2. The molecule has 2 saturated heterocycles. The van der Waals surface area contributed by atoms with Crippen LogP contribution in [0.5, 0.6) is 0 Å². The van der Waals surface area contributed by atoms with Gasteiger partial charge in [-0.2, -0.15) is 26.3 Å². The number of thioether (sulfide) groups is 2. The molecule has 2 fully saturated rings. The van der Waals surface area contributed by atoms with Gasteiger partial charge in [-0.05, 0) is 127 Å². The van der Waals surface area contributed by atoms with Gasteiger partial charge >= 0.3 is 12.4 Å². The fourth-order valence-electron chi connectivity index (χ4n) is 11.6.